The Morgan fingerprint density at radius 2 is 1.68 bits per heavy atom. The predicted octanol–water partition coefficient (Wildman–Crippen LogP) is 2.48. The molecule has 164 valence electrons. The summed E-state index contributed by atoms with van der Waals surface area (Å²) >= 11 is 1.19. The minimum Gasteiger partial charge on any atom is -0.340 e. The number of amides is 1. The second-order valence-corrected chi connectivity index (χ2v) is 11.2. The number of thiophene rings is 1. The van der Waals surface area contributed by atoms with E-state index in [2.05, 4.69) is 11.0 Å². The van der Waals surface area contributed by atoms with Crippen LogP contribution in [0.3, 0.4) is 0 Å². The SMILES string of the molecule is N#CC(c1ccccc1)N1CCN(C(=O)Cc2ccc(S(=O)(=O)N3CCCC3)s2)CC1. The first-order valence-electron chi connectivity index (χ1n) is 10.5. The molecule has 31 heavy (non-hydrogen) atoms. The molecule has 0 saturated carbocycles. The Morgan fingerprint density at radius 1 is 1.00 bits per heavy atom. The molecule has 2 aliphatic heterocycles. The lowest BCUT2D eigenvalue weighted by molar-refractivity contribution is -0.132. The van der Waals surface area contributed by atoms with E-state index in [9.17, 15) is 18.5 Å². The maximum absolute atomic E-state index is 12.8. The fraction of sp³-hybridized carbons (Fsp3) is 0.455. The third-order valence-corrected chi connectivity index (χ3v) is 9.34. The quantitative estimate of drug-likeness (QED) is 0.664. The zero-order chi connectivity index (χ0) is 21.8. The molecule has 1 amide bonds. The molecule has 1 unspecified atom stereocenters. The predicted molar refractivity (Wildman–Crippen MR) is 119 cm³/mol. The lowest BCUT2D eigenvalue weighted by Crippen LogP contribution is -2.49. The van der Waals surface area contributed by atoms with Crippen LogP contribution in [0.2, 0.25) is 0 Å². The van der Waals surface area contributed by atoms with Gasteiger partial charge in [0.1, 0.15) is 10.3 Å². The third-order valence-electron chi connectivity index (χ3n) is 5.89. The number of nitrogens with zero attached hydrogens (tertiary/aromatic N) is 4. The molecular weight excluding hydrogens is 432 g/mol. The number of benzene rings is 1. The third kappa shape index (κ3) is 4.83. The average molecular weight is 459 g/mol. The van der Waals surface area contributed by atoms with Crippen molar-refractivity contribution in [1.82, 2.24) is 14.1 Å². The molecule has 4 rings (SSSR count). The number of rotatable bonds is 6. The topological polar surface area (TPSA) is 84.7 Å². The molecule has 0 aliphatic carbocycles. The van der Waals surface area contributed by atoms with Crippen LogP contribution in [-0.4, -0.2) is 67.7 Å². The maximum Gasteiger partial charge on any atom is 0.252 e. The van der Waals surface area contributed by atoms with E-state index in [1.54, 1.807) is 12.1 Å². The number of hydrogen-bond acceptors (Lipinski definition) is 6. The van der Waals surface area contributed by atoms with Gasteiger partial charge < -0.3 is 4.90 Å². The van der Waals surface area contributed by atoms with Crippen molar-refractivity contribution in [3.8, 4) is 6.07 Å². The Hall–Kier alpha value is -2.25. The van der Waals surface area contributed by atoms with Gasteiger partial charge in [-0.2, -0.15) is 9.57 Å². The van der Waals surface area contributed by atoms with Crippen molar-refractivity contribution in [3.63, 3.8) is 0 Å². The molecule has 9 heteroatoms. The first kappa shape index (κ1) is 22.0. The summed E-state index contributed by atoms with van der Waals surface area (Å²) in [7, 11) is -3.43. The summed E-state index contributed by atoms with van der Waals surface area (Å²) in [5.41, 5.74) is 0.968. The lowest BCUT2D eigenvalue weighted by Gasteiger charge is -2.37. The number of carbonyl (C=O) groups excluding carboxylic acids is 1. The van der Waals surface area contributed by atoms with Gasteiger partial charge in [0, 0.05) is 44.1 Å². The fourth-order valence-electron chi connectivity index (χ4n) is 4.14. The van der Waals surface area contributed by atoms with E-state index in [1.165, 1.54) is 15.6 Å². The summed E-state index contributed by atoms with van der Waals surface area (Å²) in [5, 5.41) is 9.62. The minimum atomic E-state index is -3.43. The molecular formula is C22H26N4O3S2. The molecule has 7 nitrogen and oxygen atoms in total. The van der Waals surface area contributed by atoms with E-state index < -0.39 is 10.0 Å². The van der Waals surface area contributed by atoms with E-state index >= 15 is 0 Å². The first-order chi connectivity index (χ1) is 15.0. The normalized spacial score (nSPS) is 19.3. The van der Waals surface area contributed by atoms with Gasteiger partial charge in [0.15, 0.2) is 0 Å². The van der Waals surface area contributed by atoms with E-state index in [0.717, 1.165) is 23.3 Å². The van der Waals surface area contributed by atoms with Crippen molar-refractivity contribution in [3.05, 3.63) is 52.9 Å². The molecule has 3 heterocycles. The molecule has 0 spiro atoms. The molecule has 2 aliphatic rings. The van der Waals surface area contributed by atoms with Crippen LogP contribution in [0.5, 0.6) is 0 Å². The van der Waals surface area contributed by atoms with Crippen molar-refractivity contribution in [2.24, 2.45) is 0 Å². The van der Waals surface area contributed by atoms with Gasteiger partial charge >= 0.3 is 0 Å². The molecule has 1 aromatic heterocycles. The number of nitriles is 1. The maximum atomic E-state index is 12.8. The van der Waals surface area contributed by atoms with Crippen LogP contribution in [0, 0.1) is 11.3 Å². The smallest absolute Gasteiger partial charge is 0.252 e. The van der Waals surface area contributed by atoms with E-state index in [1.807, 2.05) is 35.2 Å². The largest absolute Gasteiger partial charge is 0.340 e. The molecule has 0 bridgehead atoms. The molecule has 2 fully saturated rings. The zero-order valence-corrected chi connectivity index (χ0v) is 18.9. The Labute approximate surface area is 187 Å². The van der Waals surface area contributed by atoms with Crippen LogP contribution in [0.4, 0.5) is 0 Å². The van der Waals surface area contributed by atoms with Crippen molar-refractivity contribution in [2.75, 3.05) is 39.3 Å². The summed E-state index contributed by atoms with van der Waals surface area (Å²) in [6, 6.07) is 15.1. The minimum absolute atomic E-state index is 0.000149. The van der Waals surface area contributed by atoms with Gasteiger partial charge in [-0.1, -0.05) is 30.3 Å². The summed E-state index contributed by atoms with van der Waals surface area (Å²) in [5.74, 6) is -0.000149. The monoisotopic (exact) mass is 458 g/mol. The second kappa shape index (κ2) is 9.49. The molecule has 0 N–H and O–H groups in total. The molecule has 1 atom stereocenters. The van der Waals surface area contributed by atoms with E-state index in [4.69, 9.17) is 0 Å². The molecule has 0 radical (unpaired) electrons. The highest BCUT2D eigenvalue weighted by Crippen LogP contribution is 2.28. The molecule has 2 saturated heterocycles. The van der Waals surface area contributed by atoms with Crippen molar-refractivity contribution < 1.29 is 13.2 Å². The number of hydrogen-bond donors (Lipinski definition) is 0. The second-order valence-electron chi connectivity index (χ2n) is 7.87. The number of piperazine rings is 1. The fourth-order valence-corrected chi connectivity index (χ4v) is 7.16. The Morgan fingerprint density at radius 3 is 2.32 bits per heavy atom. The Kier molecular flexibility index (Phi) is 6.72. The Balaban J connectivity index is 1.34. The van der Waals surface area contributed by atoms with Crippen molar-refractivity contribution in [1.29, 1.82) is 5.26 Å². The van der Waals surface area contributed by atoms with E-state index in [-0.39, 0.29) is 18.4 Å². The van der Waals surface area contributed by atoms with Crippen LogP contribution in [0.25, 0.3) is 0 Å². The number of carbonyl (C=O) groups is 1. The highest BCUT2D eigenvalue weighted by molar-refractivity contribution is 7.91. The highest BCUT2D eigenvalue weighted by atomic mass is 32.2. The van der Waals surface area contributed by atoms with Gasteiger partial charge in [-0.25, -0.2) is 8.42 Å². The highest BCUT2D eigenvalue weighted by Gasteiger charge is 2.30. The molecule has 1 aromatic carbocycles. The van der Waals surface area contributed by atoms with Gasteiger partial charge in [0.25, 0.3) is 10.0 Å². The lowest BCUT2D eigenvalue weighted by atomic mass is 10.1. The van der Waals surface area contributed by atoms with Crippen LogP contribution in [0.15, 0.2) is 46.7 Å². The van der Waals surface area contributed by atoms with Gasteiger partial charge in [-0.3, -0.25) is 9.69 Å². The van der Waals surface area contributed by atoms with Gasteiger partial charge in [-0.15, -0.1) is 11.3 Å². The van der Waals surface area contributed by atoms with Crippen LogP contribution in [-0.2, 0) is 21.2 Å². The first-order valence-corrected chi connectivity index (χ1v) is 12.8. The molecule has 2 aromatic rings. The average Bonchev–Trinajstić information content (AvgIpc) is 3.49. The van der Waals surface area contributed by atoms with Crippen LogP contribution >= 0.6 is 11.3 Å². The summed E-state index contributed by atoms with van der Waals surface area (Å²) in [6.45, 7) is 3.55. The standard InChI is InChI=1S/C22H26N4O3S2/c23-17-20(18-6-2-1-3-7-18)24-12-14-25(15-13-24)21(27)16-19-8-9-22(30-19)31(28,29)26-10-4-5-11-26/h1-3,6-9,20H,4-5,10-16H2. The summed E-state index contributed by atoms with van der Waals surface area (Å²) in [6.07, 6.45) is 2.01. The Bertz CT molecular complexity index is 1050. The van der Waals surface area contributed by atoms with E-state index in [0.29, 0.717) is 43.5 Å². The van der Waals surface area contributed by atoms with Gasteiger partial charge in [0.05, 0.1) is 12.5 Å². The zero-order valence-electron chi connectivity index (χ0n) is 17.3. The number of sulfonamides is 1. The van der Waals surface area contributed by atoms with Crippen molar-refractivity contribution in [2.45, 2.75) is 29.5 Å². The summed E-state index contributed by atoms with van der Waals surface area (Å²) < 4.78 is 27.2. The van der Waals surface area contributed by atoms with Gasteiger partial charge in [-0.05, 0) is 30.5 Å². The van der Waals surface area contributed by atoms with Gasteiger partial charge in [0.2, 0.25) is 5.91 Å². The van der Waals surface area contributed by atoms with Crippen LogP contribution < -0.4 is 0 Å². The summed E-state index contributed by atoms with van der Waals surface area (Å²) in [4.78, 5) is 17.5. The van der Waals surface area contributed by atoms with Crippen LogP contribution in [0.1, 0.15) is 29.3 Å². The van der Waals surface area contributed by atoms with Crippen molar-refractivity contribution >= 4 is 27.3 Å².